The lowest BCUT2D eigenvalue weighted by atomic mass is 10.3. The third-order valence-electron chi connectivity index (χ3n) is 2.80. The number of para-hydroxylation sites is 1. The molecule has 7 nitrogen and oxygen atoms in total. The molecular weight excluding hydrogens is 351 g/mol. The summed E-state index contributed by atoms with van der Waals surface area (Å²) in [4.78, 5) is 35.4. The molecule has 2 rings (SSSR count). The number of imide groups is 1. The molecule has 9 heteroatoms. The van der Waals surface area contributed by atoms with Crippen LogP contribution in [0.4, 0.5) is 9.18 Å². The Labute approximate surface area is 146 Å². The largest absolute Gasteiger partial charge is 0.479 e. The average Bonchev–Trinajstić information content (AvgIpc) is 3.11. The number of nitrogens with one attached hydrogen (secondary N) is 2. The van der Waals surface area contributed by atoms with E-state index in [2.05, 4.69) is 10.1 Å². The number of esters is 1. The van der Waals surface area contributed by atoms with E-state index in [1.165, 1.54) is 29.5 Å². The van der Waals surface area contributed by atoms with Gasteiger partial charge in [0.25, 0.3) is 5.91 Å². The highest BCUT2D eigenvalue weighted by Crippen LogP contribution is 2.15. The van der Waals surface area contributed by atoms with Crippen LogP contribution < -0.4 is 15.4 Å². The fourth-order valence-corrected chi connectivity index (χ4v) is 2.32. The van der Waals surface area contributed by atoms with E-state index in [-0.39, 0.29) is 12.3 Å². The van der Waals surface area contributed by atoms with E-state index < -0.39 is 36.9 Å². The number of carbonyl (C=O) groups is 3. The van der Waals surface area contributed by atoms with E-state index in [1.807, 2.05) is 22.8 Å². The molecule has 132 valence electrons. The Morgan fingerprint density at radius 1 is 1.08 bits per heavy atom. The number of carbonyl (C=O) groups excluding carboxylic acids is 3. The molecule has 0 bridgehead atoms. The number of halogens is 1. The predicted molar refractivity (Wildman–Crippen MR) is 87.6 cm³/mol. The summed E-state index contributed by atoms with van der Waals surface area (Å²) in [5.74, 6) is -2.37. The van der Waals surface area contributed by atoms with Gasteiger partial charge in [-0.15, -0.1) is 11.3 Å². The lowest BCUT2D eigenvalue weighted by Gasteiger charge is -2.08. The molecule has 0 saturated heterocycles. The summed E-state index contributed by atoms with van der Waals surface area (Å²) < 4.78 is 22.9. The van der Waals surface area contributed by atoms with E-state index in [4.69, 9.17) is 4.74 Å². The van der Waals surface area contributed by atoms with Gasteiger partial charge in [0, 0.05) is 4.88 Å². The van der Waals surface area contributed by atoms with Gasteiger partial charge < -0.3 is 14.8 Å². The average molecular weight is 366 g/mol. The van der Waals surface area contributed by atoms with Gasteiger partial charge in [-0.05, 0) is 23.6 Å². The van der Waals surface area contributed by atoms with Crippen LogP contribution >= 0.6 is 11.3 Å². The highest BCUT2D eigenvalue weighted by molar-refractivity contribution is 7.09. The number of hydrogen-bond acceptors (Lipinski definition) is 6. The molecule has 0 spiro atoms. The maximum Gasteiger partial charge on any atom is 0.344 e. The monoisotopic (exact) mass is 366 g/mol. The lowest BCUT2D eigenvalue weighted by molar-refractivity contribution is -0.150. The molecule has 0 aliphatic rings. The minimum atomic E-state index is -0.864. The van der Waals surface area contributed by atoms with Crippen molar-refractivity contribution in [3.8, 4) is 5.75 Å². The Bertz CT molecular complexity index is 736. The topological polar surface area (TPSA) is 93.7 Å². The quantitative estimate of drug-likeness (QED) is 0.729. The molecule has 2 aromatic rings. The molecule has 1 aromatic heterocycles. The van der Waals surface area contributed by atoms with Crippen LogP contribution in [0.5, 0.6) is 5.75 Å². The van der Waals surface area contributed by atoms with Gasteiger partial charge in [0.15, 0.2) is 24.8 Å². The zero-order valence-electron chi connectivity index (χ0n) is 13.0. The van der Waals surface area contributed by atoms with Crippen molar-refractivity contribution in [1.82, 2.24) is 10.6 Å². The second-order valence-electron chi connectivity index (χ2n) is 4.69. The Morgan fingerprint density at radius 3 is 2.60 bits per heavy atom. The SMILES string of the molecule is O=C(COC(=O)COc1ccccc1F)NC(=O)NCc1cccs1. The maximum atomic E-state index is 13.3. The van der Waals surface area contributed by atoms with Crippen LogP contribution in [0, 0.1) is 5.82 Å². The van der Waals surface area contributed by atoms with E-state index in [0.717, 1.165) is 4.88 Å². The summed E-state index contributed by atoms with van der Waals surface area (Å²) >= 11 is 1.47. The van der Waals surface area contributed by atoms with Crippen molar-refractivity contribution in [1.29, 1.82) is 0 Å². The summed E-state index contributed by atoms with van der Waals surface area (Å²) in [6.45, 7) is -0.919. The summed E-state index contributed by atoms with van der Waals surface area (Å²) in [5.41, 5.74) is 0. The molecule has 1 heterocycles. The molecule has 0 radical (unpaired) electrons. The van der Waals surface area contributed by atoms with Crippen LogP contribution in [-0.2, 0) is 20.9 Å². The smallest absolute Gasteiger partial charge is 0.344 e. The first-order valence-corrected chi connectivity index (χ1v) is 8.05. The molecule has 2 N–H and O–H groups in total. The normalized spacial score (nSPS) is 9.96. The molecule has 0 saturated carbocycles. The van der Waals surface area contributed by atoms with Crippen molar-refractivity contribution in [3.63, 3.8) is 0 Å². The van der Waals surface area contributed by atoms with E-state index >= 15 is 0 Å². The highest BCUT2D eigenvalue weighted by Gasteiger charge is 2.12. The second-order valence-corrected chi connectivity index (χ2v) is 5.72. The van der Waals surface area contributed by atoms with E-state index in [0.29, 0.717) is 0 Å². The third-order valence-corrected chi connectivity index (χ3v) is 3.68. The Kier molecular flexibility index (Phi) is 6.90. The van der Waals surface area contributed by atoms with Gasteiger partial charge in [0.2, 0.25) is 0 Å². The van der Waals surface area contributed by atoms with Gasteiger partial charge in [-0.1, -0.05) is 18.2 Å². The van der Waals surface area contributed by atoms with Crippen molar-refractivity contribution in [2.24, 2.45) is 0 Å². The molecule has 0 fully saturated rings. The van der Waals surface area contributed by atoms with Crippen LogP contribution in [0.1, 0.15) is 4.88 Å². The zero-order chi connectivity index (χ0) is 18.1. The van der Waals surface area contributed by atoms with Gasteiger partial charge in [0.1, 0.15) is 0 Å². The molecule has 0 atom stereocenters. The molecule has 0 aliphatic carbocycles. The highest BCUT2D eigenvalue weighted by atomic mass is 32.1. The van der Waals surface area contributed by atoms with Crippen molar-refractivity contribution in [2.45, 2.75) is 6.54 Å². The van der Waals surface area contributed by atoms with Crippen LogP contribution in [0.25, 0.3) is 0 Å². The minimum absolute atomic E-state index is 0.100. The second kappa shape index (κ2) is 9.38. The number of thiophene rings is 1. The van der Waals surface area contributed by atoms with Crippen molar-refractivity contribution in [3.05, 3.63) is 52.5 Å². The van der Waals surface area contributed by atoms with Crippen LogP contribution in [-0.4, -0.2) is 31.1 Å². The van der Waals surface area contributed by atoms with Gasteiger partial charge in [-0.3, -0.25) is 10.1 Å². The minimum Gasteiger partial charge on any atom is -0.479 e. The van der Waals surface area contributed by atoms with Crippen LogP contribution in [0.3, 0.4) is 0 Å². The van der Waals surface area contributed by atoms with Crippen LogP contribution in [0.15, 0.2) is 41.8 Å². The number of ether oxygens (including phenoxy) is 2. The first kappa shape index (κ1) is 18.4. The number of urea groups is 1. The molecule has 1 aromatic carbocycles. The fraction of sp³-hybridized carbons (Fsp3) is 0.188. The molecule has 0 aliphatic heterocycles. The zero-order valence-corrected chi connectivity index (χ0v) is 13.8. The van der Waals surface area contributed by atoms with Crippen molar-refractivity contribution >= 4 is 29.2 Å². The molecular formula is C16H15FN2O5S. The number of rotatable bonds is 7. The summed E-state index contributed by atoms with van der Waals surface area (Å²) in [7, 11) is 0. The summed E-state index contributed by atoms with van der Waals surface area (Å²) in [6, 6.07) is 8.55. The van der Waals surface area contributed by atoms with E-state index in [9.17, 15) is 18.8 Å². The van der Waals surface area contributed by atoms with Gasteiger partial charge >= 0.3 is 12.0 Å². The standard InChI is InChI=1S/C16H15FN2O5S/c17-12-5-1-2-6-13(12)23-10-15(21)24-9-14(20)19-16(22)18-8-11-4-3-7-25-11/h1-7H,8-10H2,(H2,18,19,20,22). The molecule has 25 heavy (non-hydrogen) atoms. The predicted octanol–water partition coefficient (Wildman–Crippen LogP) is 1.84. The number of hydrogen-bond donors (Lipinski definition) is 2. The van der Waals surface area contributed by atoms with Crippen molar-refractivity contribution in [2.75, 3.05) is 13.2 Å². The van der Waals surface area contributed by atoms with Gasteiger partial charge in [-0.2, -0.15) is 0 Å². The number of benzene rings is 1. The van der Waals surface area contributed by atoms with Gasteiger partial charge in [-0.25, -0.2) is 14.0 Å². The third kappa shape index (κ3) is 6.60. The van der Waals surface area contributed by atoms with Crippen LogP contribution in [0.2, 0.25) is 0 Å². The van der Waals surface area contributed by atoms with Crippen molar-refractivity contribution < 1.29 is 28.2 Å². The fourth-order valence-electron chi connectivity index (χ4n) is 1.67. The van der Waals surface area contributed by atoms with Gasteiger partial charge in [0.05, 0.1) is 6.54 Å². The summed E-state index contributed by atoms with van der Waals surface area (Å²) in [5, 5.41) is 6.37. The Balaban J connectivity index is 1.62. The first-order valence-electron chi connectivity index (χ1n) is 7.17. The Hall–Kier alpha value is -2.94. The van der Waals surface area contributed by atoms with E-state index in [1.54, 1.807) is 6.07 Å². The molecule has 0 unspecified atom stereocenters. The molecule has 3 amide bonds. The Morgan fingerprint density at radius 2 is 1.88 bits per heavy atom. The number of amides is 3. The maximum absolute atomic E-state index is 13.3. The first-order chi connectivity index (χ1) is 12.0. The lowest BCUT2D eigenvalue weighted by Crippen LogP contribution is -2.41. The summed E-state index contributed by atoms with van der Waals surface area (Å²) in [6.07, 6.45) is 0.